The van der Waals surface area contributed by atoms with E-state index in [2.05, 4.69) is 16.3 Å². The summed E-state index contributed by atoms with van der Waals surface area (Å²) in [5.74, 6) is 1.47. The van der Waals surface area contributed by atoms with Gasteiger partial charge in [0.05, 0.1) is 19.9 Å². The fraction of sp³-hybridized carbons (Fsp3) is 0.400. The summed E-state index contributed by atoms with van der Waals surface area (Å²) in [4.78, 5) is 0. The highest BCUT2D eigenvalue weighted by Gasteiger charge is 2.16. The first-order valence-electron chi connectivity index (χ1n) is 6.59. The van der Waals surface area contributed by atoms with Crippen molar-refractivity contribution >= 4 is 0 Å². The molecule has 2 rings (SSSR count). The molecule has 0 spiro atoms. The zero-order valence-electron chi connectivity index (χ0n) is 12.4. The van der Waals surface area contributed by atoms with Gasteiger partial charge in [-0.25, -0.2) is 0 Å². The molecular weight excluding hydrogens is 254 g/mol. The number of aryl methyl sites for hydroxylation is 2. The zero-order valence-corrected chi connectivity index (χ0v) is 12.4. The molecule has 0 saturated heterocycles. The Bertz CT molecular complexity index is 586. The molecule has 0 radical (unpaired) electrons. The van der Waals surface area contributed by atoms with Crippen molar-refractivity contribution in [3.8, 4) is 22.6 Å². The fourth-order valence-corrected chi connectivity index (χ4v) is 2.51. The Labute approximate surface area is 119 Å². The molecule has 20 heavy (non-hydrogen) atoms. The third-order valence-electron chi connectivity index (χ3n) is 3.39. The van der Waals surface area contributed by atoms with Crippen molar-refractivity contribution in [2.75, 3.05) is 20.8 Å². The van der Waals surface area contributed by atoms with Crippen LogP contribution in [-0.4, -0.2) is 31.0 Å². The van der Waals surface area contributed by atoms with Gasteiger partial charge < -0.3 is 15.2 Å². The molecular formula is C15H21N3O2. The number of nitrogens with two attached hydrogens (primary N) is 1. The molecule has 108 valence electrons. The van der Waals surface area contributed by atoms with Crippen molar-refractivity contribution in [2.24, 2.45) is 5.73 Å². The Balaban J connectivity index is 2.63. The lowest BCUT2D eigenvalue weighted by Crippen LogP contribution is -2.05. The van der Waals surface area contributed by atoms with Crippen LogP contribution in [0.1, 0.15) is 17.0 Å². The molecule has 0 saturated carbocycles. The molecule has 0 aliphatic heterocycles. The second-order valence-corrected chi connectivity index (χ2v) is 4.72. The van der Waals surface area contributed by atoms with Gasteiger partial charge >= 0.3 is 0 Å². The Hall–Kier alpha value is -2.01. The van der Waals surface area contributed by atoms with Gasteiger partial charge in [0.2, 0.25) is 0 Å². The first-order chi connectivity index (χ1) is 9.62. The van der Waals surface area contributed by atoms with Crippen molar-refractivity contribution in [3.05, 3.63) is 29.1 Å². The lowest BCUT2D eigenvalue weighted by atomic mass is 9.99. The van der Waals surface area contributed by atoms with Crippen molar-refractivity contribution in [2.45, 2.75) is 20.3 Å². The van der Waals surface area contributed by atoms with Gasteiger partial charge in [-0.2, -0.15) is 5.10 Å². The smallest absolute Gasteiger partial charge is 0.163 e. The largest absolute Gasteiger partial charge is 0.493 e. The van der Waals surface area contributed by atoms with Crippen molar-refractivity contribution in [3.63, 3.8) is 0 Å². The molecule has 3 N–H and O–H groups in total. The maximum absolute atomic E-state index is 5.69. The molecule has 0 aliphatic carbocycles. The van der Waals surface area contributed by atoms with Crippen molar-refractivity contribution in [1.82, 2.24) is 10.2 Å². The van der Waals surface area contributed by atoms with E-state index in [4.69, 9.17) is 15.2 Å². The van der Waals surface area contributed by atoms with Gasteiger partial charge in [0, 0.05) is 11.3 Å². The van der Waals surface area contributed by atoms with Crippen LogP contribution in [0.15, 0.2) is 12.1 Å². The number of rotatable bonds is 5. The Morgan fingerprint density at radius 3 is 2.45 bits per heavy atom. The number of aromatic nitrogens is 2. The summed E-state index contributed by atoms with van der Waals surface area (Å²) in [7, 11) is 3.29. The molecule has 1 heterocycles. The fourth-order valence-electron chi connectivity index (χ4n) is 2.51. The number of ether oxygens (including phenoxy) is 2. The average molecular weight is 275 g/mol. The first-order valence-corrected chi connectivity index (χ1v) is 6.59. The van der Waals surface area contributed by atoms with E-state index in [0.717, 1.165) is 40.2 Å². The standard InChI is InChI=1S/C15H21N3O2/c1-9-14(10(2)18-17-9)12-7-11(5-6-16)15(20-4)13(8-12)19-3/h7-8H,5-6,16H2,1-4H3,(H,17,18). The Kier molecular flexibility index (Phi) is 4.29. The third kappa shape index (κ3) is 2.49. The van der Waals surface area contributed by atoms with E-state index in [9.17, 15) is 0 Å². The predicted octanol–water partition coefficient (Wildman–Crippen LogP) is 2.21. The lowest BCUT2D eigenvalue weighted by molar-refractivity contribution is 0.352. The maximum atomic E-state index is 5.69. The number of H-pyrrole nitrogens is 1. The van der Waals surface area contributed by atoms with Gasteiger partial charge in [0.25, 0.3) is 0 Å². The summed E-state index contributed by atoms with van der Waals surface area (Å²) in [5.41, 5.74) is 10.9. The number of methoxy groups -OCH3 is 2. The van der Waals surface area contributed by atoms with Crippen molar-refractivity contribution in [1.29, 1.82) is 0 Å². The molecule has 0 amide bonds. The topological polar surface area (TPSA) is 73.2 Å². The van der Waals surface area contributed by atoms with E-state index in [1.807, 2.05) is 19.9 Å². The predicted molar refractivity (Wildman–Crippen MR) is 79.4 cm³/mol. The van der Waals surface area contributed by atoms with Crippen LogP contribution in [0.2, 0.25) is 0 Å². The number of hydrogen-bond donors (Lipinski definition) is 2. The number of nitrogens with one attached hydrogen (secondary N) is 1. The average Bonchev–Trinajstić information content (AvgIpc) is 2.77. The van der Waals surface area contributed by atoms with Gasteiger partial charge in [-0.05, 0) is 50.1 Å². The molecule has 0 aliphatic rings. The summed E-state index contributed by atoms with van der Waals surface area (Å²) in [6.45, 7) is 4.55. The molecule has 0 bridgehead atoms. The van der Waals surface area contributed by atoms with Crippen LogP contribution in [0.25, 0.3) is 11.1 Å². The minimum atomic E-state index is 0.562. The number of nitrogens with zero attached hydrogens (tertiary/aromatic N) is 1. The highest BCUT2D eigenvalue weighted by atomic mass is 16.5. The van der Waals surface area contributed by atoms with Crippen LogP contribution >= 0.6 is 0 Å². The quantitative estimate of drug-likeness (QED) is 0.877. The number of benzene rings is 1. The van der Waals surface area contributed by atoms with E-state index in [0.29, 0.717) is 12.3 Å². The van der Waals surface area contributed by atoms with E-state index >= 15 is 0 Å². The summed E-state index contributed by atoms with van der Waals surface area (Å²) in [6.07, 6.45) is 0.739. The van der Waals surface area contributed by atoms with Gasteiger partial charge in [-0.1, -0.05) is 0 Å². The minimum absolute atomic E-state index is 0.562. The molecule has 1 aromatic carbocycles. The van der Waals surface area contributed by atoms with Gasteiger partial charge in [0.1, 0.15) is 0 Å². The Morgan fingerprint density at radius 2 is 1.95 bits per heavy atom. The zero-order chi connectivity index (χ0) is 14.7. The van der Waals surface area contributed by atoms with Gasteiger partial charge in [-0.15, -0.1) is 0 Å². The molecule has 0 atom stereocenters. The minimum Gasteiger partial charge on any atom is -0.493 e. The molecule has 5 nitrogen and oxygen atoms in total. The van der Waals surface area contributed by atoms with Crippen LogP contribution in [0, 0.1) is 13.8 Å². The van der Waals surface area contributed by atoms with Crippen LogP contribution in [0.3, 0.4) is 0 Å². The van der Waals surface area contributed by atoms with E-state index in [1.54, 1.807) is 14.2 Å². The summed E-state index contributed by atoms with van der Waals surface area (Å²) in [6, 6.07) is 4.07. The van der Waals surface area contributed by atoms with Gasteiger partial charge in [0.15, 0.2) is 11.5 Å². The van der Waals surface area contributed by atoms with Crippen molar-refractivity contribution < 1.29 is 9.47 Å². The molecule has 5 heteroatoms. The van der Waals surface area contributed by atoms with Crippen LogP contribution in [0.4, 0.5) is 0 Å². The molecule has 0 fully saturated rings. The summed E-state index contributed by atoms with van der Waals surface area (Å²) < 4.78 is 10.9. The Morgan fingerprint density at radius 1 is 1.20 bits per heavy atom. The van der Waals surface area contributed by atoms with Gasteiger partial charge in [-0.3, -0.25) is 5.10 Å². The van der Waals surface area contributed by atoms with Crippen LogP contribution in [0.5, 0.6) is 11.5 Å². The molecule has 1 aromatic heterocycles. The molecule has 0 unspecified atom stereocenters. The maximum Gasteiger partial charge on any atom is 0.163 e. The molecule has 2 aromatic rings. The number of aromatic amines is 1. The lowest BCUT2D eigenvalue weighted by Gasteiger charge is -2.15. The SMILES string of the molecule is COc1cc(-c2c(C)n[nH]c2C)cc(CCN)c1OC. The second-order valence-electron chi connectivity index (χ2n) is 4.72. The second kappa shape index (κ2) is 5.96. The first kappa shape index (κ1) is 14.4. The van der Waals surface area contributed by atoms with Crippen LogP contribution < -0.4 is 15.2 Å². The van der Waals surface area contributed by atoms with E-state index in [-0.39, 0.29) is 0 Å². The highest BCUT2D eigenvalue weighted by molar-refractivity contribution is 5.72. The van der Waals surface area contributed by atoms with Crippen LogP contribution in [-0.2, 0) is 6.42 Å². The summed E-state index contributed by atoms with van der Waals surface area (Å²) >= 11 is 0. The normalized spacial score (nSPS) is 10.7. The number of hydrogen-bond acceptors (Lipinski definition) is 4. The van der Waals surface area contributed by atoms with E-state index < -0.39 is 0 Å². The van der Waals surface area contributed by atoms with E-state index in [1.165, 1.54) is 0 Å². The third-order valence-corrected chi connectivity index (χ3v) is 3.39. The highest BCUT2D eigenvalue weighted by Crippen LogP contribution is 2.38. The monoisotopic (exact) mass is 275 g/mol. The summed E-state index contributed by atoms with van der Waals surface area (Å²) in [5, 5.41) is 7.25.